The molecule has 0 saturated carbocycles. The molecule has 2 heterocycles. The van der Waals surface area contributed by atoms with E-state index < -0.39 is 70.8 Å². The zero-order valence-corrected chi connectivity index (χ0v) is 24.1. The summed E-state index contributed by atoms with van der Waals surface area (Å²) in [7, 11) is 1.06. The highest BCUT2D eigenvalue weighted by Crippen LogP contribution is 2.25. The molecule has 0 radical (unpaired) electrons. The number of rotatable bonds is 6. The Morgan fingerprint density at radius 2 is 1.86 bits per heavy atom. The van der Waals surface area contributed by atoms with Gasteiger partial charge < -0.3 is 35.5 Å². The molecule has 4 atom stereocenters. The third kappa shape index (κ3) is 7.75. The highest BCUT2D eigenvalue weighted by Gasteiger charge is 2.31. The lowest BCUT2D eigenvalue weighted by molar-refractivity contribution is -0.125. The fourth-order valence-electron chi connectivity index (χ4n) is 4.69. The zero-order chi connectivity index (χ0) is 31.8. The largest absolute Gasteiger partial charge is 0.491 e. The fraction of sp³-hybridized carbons (Fsp3) is 0.367. The second kappa shape index (κ2) is 14.6. The molecule has 1 aliphatic rings. The number of aliphatic hydroxyl groups is 1. The summed E-state index contributed by atoms with van der Waals surface area (Å²) >= 11 is 0. The van der Waals surface area contributed by atoms with E-state index in [1.807, 2.05) is 18.2 Å². The topological polar surface area (TPSA) is 172 Å². The third-order valence-corrected chi connectivity index (χ3v) is 7.04. The van der Waals surface area contributed by atoms with Gasteiger partial charge in [-0.25, -0.2) is 13.8 Å². The van der Waals surface area contributed by atoms with E-state index in [1.165, 1.54) is 6.92 Å². The number of nitrogens with one attached hydrogen (secondary N) is 4. The van der Waals surface area contributed by atoms with E-state index in [0.717, 1.165) is 31.1 Å². The lowest BCUT2D eigenvalue weighted by atomic mass is 10.0. The van der Waals surface area contributed by atoms with Crippen LogP contribution in [-0.4, -0.2) is 65.6 Å². The molecule has 3 aromatic rings. The summed E-state index contributed by atoms with van der Waals surface area (Å²) < 4.78 is 39.1. The number of oxazole rings is 1. The fourth-order valence-corrected chi connectivity index (χ4v) is 4.69. The van der Waals surface area contributed by atoms with Crippen molar-refractivity contribution in [2.75, 3.05) is 13.7 Å². The number of hydrogen-bond donors (Lipinski definition) is 5. The molecule has 2 aromatic carbocycles. The van der Waals surface area contributed by atoms with Crippen molar-refractivity contribution in [2.24, 2.45) is 0 Å². The molecule has 0 aliphatic carbocycles. The number of carbonyl (C=O) groups excluding carboxylic acids is 4. The maximum Gasteiger partial charge on any atom is 0.273 e. The molecule has 44 heavy (non-hydrogen) atoms. The van der Waals surface area contributed by atoms with Gasteiger partial charge in [0.2, 0.25) is 17.7 Å². The van der Waals surface area contributed by atoms with Crippen molar-refractivity contribution in [3.05, 3.63) is 83.1 Å². The monoisotopic (exact) mass is 613 g/mol. The van der Waals surface area contributed by atoms with Gasteiger partial charge in [0, 0.05) is 13.0 Å². The quantitative estimate of drug-likeness (QED) is 0.281. The van der Waals surface area contributed by atoms with E-state index in [-0.39, 0.29) is 31.0 Å². The predicted molar refractivity (Wildman–Crippen MR) is 151 cm³/mol. The number of fused-ring (bicyclic) bond motifs is 2. The Hall–Kier alpha value is -4.85. The lowest BCUT2D eigenvalue weighted by Gasteiger charge is -2.23. The molecule has 5 N–H and O–H groups in total. The van der Waals surface area contributed by atoms with E-state index in [0.29, 0.717) is 12.8 Å². The number of hydrogen-bond acceptors (Lipinski definition) is 8. The van der Waals surface area contributed by atoms with E-state index in [9.17, 15) is 33.1 Å². The summed E-state index contributed by atoms with van der Waals surface area (Å²) in [4.78, 5) is 56.6. The van der Waals surface area contributed by atoms with E-state index in [1.54, 1.807) is 12.1 Å². The molecule has 0 fully saturated rings. The Morgan fingerprint density at radius 1 is 1.11 bits per heavy atom. The zero-order valence-electron chi connectivity index (χ0n) is 24.1. The van der Waals surface area contributed by atoms with Crippen LogP contribution in [-0.2, 0) is 16.0 Å². The van der Waals surface area contributed by atoms with E-state index in [4.69, 9.17) is 9.15 Å². The number of carbonyl (C=O) groups is 4. The summed E-state index contributed by atoms with van der Waals surface area (Å²) in [5.41, 5.74) is 0.0792. The average Bonchev–Trinajstić information content (AvgIpc) is 3.49. The Labute approximate surface area is 251 Å². The summed E-state index contributed by atoms with van der Waals surface area (Å²) in [6, 6.07) is 7.51. The van der Waals surface area contributed by atoms with Crippen molar-refractivity contribution in [3.63, 3.8) is 0 Å². The highest BCUT2D eigenvalue weighted by atomic mass is 19.1. The number of halogens is 2. The van der Waals surface area contributed by atoms with Crippen LogP contribution in [0.5, 0.6) is 5.75 Å². The van der Waals surface area contributed by atoms with Crippen molar-refractivity contribution >= 4 is 23.6 Å². The molecule has 234 valence electrons. The third-order valence-electron chi connectivity index (χ3n) is 7.04. The second-order valence-corrected chi connectivity index (χ2v) is 10.3. The maximum absolute atomic E-state index is 14.9. The van der Waals surface area contributed by atoms with Gasteiger partial charge in [0.15, 0.2) is 23.1 Å². The number of amides is 4. The Kier molecular flexibility index (Phi) is 10.6. The first kappa shape index (κ1) is 32.1. The minimum atomic E-state index is -1.27. The number of aromatic nitrogens is 1. The molecule has 4 rings (SSSR count). The normalized spacial score (nSPS) is 20.6. The van der Waals surface area contributed by atoms with Gasteiger partial charge in [-0.05, 0) is 43.9 Å². The van der Waals surface area contributed by atoms with Crippen molar-refractivity contribution in [1.82, 2.24) is 26.3 Å². The molecule has 14 heteroatoms. The molecule has 12 nitrogen and oxygen atoms in total. The number of nitrogens with zero attached hydrogens (tertiary/aromatic N) is 1. The van der Waals surface area contributed by atoms with Gasteiger partial charge in [0.1, 0.15) is 24.4 Å². The minimum absolute atomic E-state index is 0.0307. The summed E-state index contributed by atoms with van der Waals surface area (Å²) in [5.74, 6) is -6.02. The van der Waals surface area contributed by atoms with Gasteiger partial charge in [-0.2, -0.15) is 0 Å². The molecule has 1 aliphatic heterocycles. The van der Waals surface area contributed by atoms with Crippen molar-refractivity contribution in [2.45, 2.75) is 56.8 Å². The van der Waals surface area contributed by atoms with Crippen LogP contribution in [0.2, 0.25) is 0 Å². The molecular formula is C30H33F2N5O7. The maximum atomic E-state index is 14.9. The Bertz CT molecular complexity index is 1500. The van der Waals surface area contributed by atoms with Crippen molar-refractivity contribution in [1.29, 1.82) is 0 Å². The Morgan fingerprint density at radius 3 is 2.57 bits per heavy atom. The van der Waals surface area contributed by atoms with Gasteiger partial charge in [-0.15, -0.1) is 0 Å². The van der Waals surface area contributed by atoms with Gasteiger partial charge in [-0.3, -0.25) is 19.2 Å². The lowest BCUT2D eigenvalue weighted by Crippen LogP contribution is -2.52. The van der Waals surface area contributed by atoms with Crippen molar-refractivity contribution < 1.29 is 42.2 Å². The number of benzene rings is 2. The SMILES string of the molecule is COc1c(F)ccc(C(=O)N[C@H]2CCCCNC(=O)[C@H]([C@@H](C)O)NC(=O)c3coc(n3)[C@H](Cc3ccccc3)NC2=O)c1F. The van der Waals surface area contributed by atoms with Crippen LogP contribution >= 0.6 is 0 Å². The smallest absolute Gasteiger partial charge is 0.273 e. The first-order valence-electron chi connectivity index (χ1n) is 14.0. The summed E-state index contributed by atoms with van der Waals surface area (Å²) in [5, 5.41) is 20.5. The van der Waals surface area contributed by atoms with Crippen LogP contribution in [0.15, 0.2) is 53.1 Å². The minimum Gasteiger partial charge on any atom is -0.491 e. The van der Waals surface area contributed by atoms with E-state index >= 15 is 0 Å². The van der Waals surface area contributed by atoms with Crippen molar-refractivity contribution in [3.8, 4) is 5.75 Å². The first-order valence-corrected chi connectivity index (χ1v) is 14.0. The molecule has 0 saturated heterocycles. The molecular weight excluding hydrogens is 580 g/mol. The standard InChI is InChI=1S/C30H33F2N5O7/c1-16(38)24-29(42)33-13-7-6-10-20(34-26(39)18-11-12-19(31)25(43-2)23(18)32)27(40)35-21(14-17-8-4-3-5-9-17)30-36-22(15-44-30)28(41)37-24/h3-5,8-9,11-12,15-16,20-21,24,38H,6-7,10,13-14H2,1-2H3,(H,33,42)(H,34,39)(H,35,40)(H,37,41)/t16-,20+,21+,24+/m1/s1. The molecule has 4 amide bonds. The van der Waals surface area contributed by atoms with Gasteiger partial charge >= 0.3 is 0 Å². The molecule has 0 spiro atoms. The highest BCUT2D eigenvalue weighted by molar-refractivity contribution is 5.98. The number of methoxy groups -OCH3 is 1. The molecule has 0 unspecified atom stereocenters. The summed E-state index contributed by atoms with van der Waals surface area (Å²) in [6.07, 6.45) is 0.800. The first-order chi connectivity index (χ1) is 21.1. The van der Waals surface area contributed by atoms with Gasteiger partial charge in [-0.1, -0.05) is 30.3 Å². The second-order valence-electron chi connectivity index (χ2n) is 10.3. The molecule has 1 aromatic heterocycles. The van der Waals surface area contributed by atoms with Gasteiger partial charge in [0.05, 0.1) is 18.8 Å². The van der Waals surface area contributed by atoms with Crippen LogP contribution in [0.4, 0.5) is 8.78 Å². The van der Waals surface area contributed by atoms with Crippen LogP contribution in [0.1, 0.15) is 64.5 Å². The van der Waals surface area contributed by atoms with Crippen LogP contribution in [0.25, 0.3) is 0 Å². The number of aliphatic hydroxyl groups excluding tert-OH is 1. The van der Waals surface area contributed by atoms with Crippen LogP contribution < -0.4 is 26.0 Å². The van der Waals surface area contributed by atoms with Crippen LogP contribution in [0.3, 0.4) is 0 Å². The molecule has 2 bridgehead atoms. The van der Waals surface area contributed by atoms with E-state index in [2.05, 4.69) is 26.3 Å². The summed E-state index contributed by atoms with van der Waals surface area (Å²) in [6.45, 7) is 1.49. The van der Waals surface area contributed by atoms with Crippen LogP contribution in [0, 0.1) is 11.6 Å². The van der Waals surface area contributed by atoms with Gasteiger partial charge in [0.25, 0.3) is 11.8 Å². The Balaban J connectivity index is 1.66. The average molecular weight is 614 g/mol. The predicted octanol–water partition coefficient (Wildman–Crippen LogP) is 1.94. The number of ether oxygens (including phenoxy) is 1.